The highest BCUT2D eigenvalue weighted by Crippen LogP contribution is 2.22. The molecule has 0 bridgehead atoms. The van der Waals surface area contributed by atoms with Crippen LogP contribution in [0.15, 0.2) is 0 Å². The maximum absolute atomic E-state index is 13.4. The Kier molecular flexibility index (Phi) is 3.95. The Bertz CT molecular complexity index is 130. The van der Waals surface area contributed by atoms with Crippen molar-refractivity contribution < 1.29 is 4.39 Å². The van der Waals surface area contributed by atoms with Gasteiger partial charge in [0, 0.05) is 6.54 Å². The molecule has 0 aromatic rings. The molecule has 3 heteroatoms. The summed E-state index contributed by atoms with van der Waals surface area (Å²) in [7, 11) is 2.05. The SMILES string of the molecule is CN1CCC(F)C(CCN)CC1. The van der Waals surface area contributed by atoms with E-state index >= 15 is 0 Å². The third-order valence-corrected chi connectivity index (χ3v) is 2.72. The molecule has 0 aromatic carbocycles. The van der Waals surface area contributed by atoms with E-state index in [0.717, 1.165) is 25.9 Å². The van der Waals surface area contributed by atoms with E-state index in [2.05, 4.69) is 11.9 Å². The number of alkyl halides is 1. The average Bonchev–Trinajstić information content (AvgIpc) is 2.20. The molecular weight excluding hydrogens is 155 g/mol. The summed E-state index contributed by atoms with van der Waals surface area (Å²) in [4.78, 5) is 2.20. The van der Waals surface area contributed by atoms with Crippen LogP contribution in [0.1, 0.15) is 19.3 Å². The predicted molar refractivity (Wildman–Crippen MR) is 48.8 cm³/mol. The normalized spacial score (nSPS) is 33.2. The highest BCUT2D eigenvalue weighted by Gasteiger charge is 2.23. The zero-order valence-corrected chi connectivity index (χ0v) is 7.80. The van der Waals surface area contributed by atoms with Crippen molar-refractivity contribution in [3.05, 3.63) is 0 Å². The van der Waals surface area contributed by atoms with Gasteiger partial charge in [-0.15, -0.1) is 0 Å². The summed E-state index contributed by atoms with van der Waals surface area (Å²) in [5, 5.41) is 0. The summed E-state index contributed by atoms with van der Waals surface area (Å²) < 4.78 is 13.4. The third-order valence-electron chi connectivity index (χ3n) is 2.72. The van der Waals surface area contributed by atoms with Gasteiger partial charge in [-0.2, -0.15) is 0 Å². The Balaban J connectivity index is 2.38. The second kappa shape index (κ2) is 4.77. The first kappa shape index (κ1) is 9.93. The van der Waals surface area contributed by atoms with Crippen LogP contribution in [0.25, 0.3) is 0 Å². The summed E-state index contributed by atoms with van der Waals surface area (Å²) in [5.41, 5.74) is 5.43. The molecule has 0 radical (unpaired) electrons. The topological polar surface area (TPSA) is 29.3 Å². The van der Waals surface area contributed by atoms with Crippen LogP contribution in [0.2, 0.25) is 0 Å². The summed E-state index contributed by atoms with van der Waals surface area (Å²) >= 11 is 0. The van der Waals surface area contributed by atoms with E-state index in [0.29, 0.717) is 13.0 Å². The zero-order chi connectivity index (χ0) is 8.97. The number of likely N-dealkylation sites (tertiary alicyclic amines) is 1. The molecule has 1 heterocycles. The summed E-state index contributed by atoms with van der Waals surface area (Å²) in [5.74, 6) is 0.208. The maximum Gasteiger partial charge on any atom is 0.104 e. The average molecular weight is 174 g/mol. The number of hydrogen-bond donors (Lipinski definition) is 1. The molecule has 1 aliphatic rings. The van der Waals surface area contributed by atoms with Crippen LogP contribution >= 0.6 is 0 Å². The van der Waals surface area contributed by atoms with Crippen LogP contribution in [0.3, 0.4) is 0 Å². The Labute approximate surface area is 73.9 Å². The van der Waals surface area contributed by atoms with Crippen LogP contribution in [-0.4, -0.2) is 37.8 Å². The molecule has 2 atom stereocenters. The third kappa shape index (κ3) is 2.72. The Morgan fingerprint density at radius 2 is 2.08 bits per heavy atom. The van der Waals surface area contributed by atoms with Crippen molar-refractivity contribution >= 4 is 0 Å². The Morgan fingerprint density at radius 3 is 2.75 bits per heavy atom. The van der Waals surface area contributed by atoms with E-state index in [1.54, 1.807) is 0 Å². The van der Waals surface area contributed by atoms with Crippen molar-refractivity contribution in [3.63, 3.8) is 0 Å². The quantitative estimate of drug-likeness (QED) is 0.677. The van der Waals surface area contributed by atoms with Crippen LogP contribution in [-0.2, 0) is 0 Å². The molecule has 0 amide bonds. The zero-order valence-electron chi connectivity index (χ0n) is 7.80. The second-order valence-electron chi connectivity index (χ2n) is 3.73. The fourth-order valence-electron chi connectivity index (χ4n) is 1.80. The molecule has 72 valence electrons. The minimum Gasteiger partial charge on any atom is -0.330 e. The number of nitrogens with two attached hydrogens (primary N) is 1. The summed E-state index contributed by atoms with van der Waals surface area (Å²) in [6.45, 7) is 2.53. The lowest BCUT2D eigenvalue weighted by atomic mass is 9.95. The first-order chi connectivity index (χ1) is 5.74. The van der Waals surface area contributed by atoms with E-state index in [-0.39, 0.29) is 5.92 Å². The van der Waals surface area contributed by atoms with Crippen molar-refractivity contribution in [1.29, 1.82) is 0 Å². The smallest absolute Gasteiger partial charge is 0.104 e. The van der Waals surface area contributed by atoms with E-state index in [9.17, 15) is 4.39 Å². The Hall–Kier alpha value is -0.150. The lowest BCUT2D eigenvalue weighted by molar-refractivity contribution is 0.212. The molecule has 1 fully saturated rings. The van der Waals surface area contributed by atoms with Gasteiger partial charge in [0.15, 0.2) is 0 Å². The van der Waals surface area contributed by atoms with Gasteiger partial charge < -0.3 is 10.6 Å². The summed E-state index contributed by atoms with van der Waals surface area (Å²) in [6.07, 6.45) is 1.86. The van der Waals surface area contributed by atoms with E-state index < -0.39 is 6.17 Å². The molecule has 1 saturated heterocycles. The van der Waals surface area contributed by atoms with Crippen LogP contribution in [0, 0.1) is 5.92 Å². The minimum absolute atomic E-state index is 0.208. The maximum atomic E-state index is 13.4. The van der Waals surface area contributed by atoms with Crippen molar-refractivity contribution in [2.24, 2.45) is 11.7 Å². The molecule has 2 unspecified atom stereocenters. The number of nitrogens with zero attached hydrogens (tertiary/aromatic N) is 1. The van der Waals surface area contributed by atoms with E-state index in [4.69, 9.17) is 5.73 Å². The van der Waals surface area contributed by atoms with E-state index in [1.165, 1.54) is 0 Å². The molecule has 0 aromatic heterocycles. The van der Waals surface area contributed by atoms with Gasteiger partial charge in [0.2, 0.25) is 0 Å². The van der Waals surface area contributed by atoms with Gasteiger partial charge >= 0.3 is 0 Å². The molecule has 1 rings (SSSR count). The highest BCUT2D eigenvalue weighted by molar-refractivity contribution is 4.76. The summed E-state index contributed by atoms with van der Waals surface area (Å²) in [6, 6.07) is 0. The van der Waals surface area contributed by atoms with Crippen molar-refractivity contribution in [2.75, 3.05) is 26.7 Å². The molecule has 2 N–H and O–H groups in total. The molecule has 0 saturated carbocycles. The Morgan fingerprint density at radius 1 is 1.42 bits per heavy atom. The molecule has 0 spiro atoms. The molecular formula is C9H19FN2. The molecule has 0 aliphatic carbocycles. The van der Waals surface area contributed by atoms with Crippen LogP contribution in [0.5, 0.6) is 0 Å². The molecule has 12 heavy (non-hydrogen) atoms. The van der Waals surface area contributed by atoms with Crippen LogP contribution < -0.4 is 5.73 Å². The highest BCUT2D eigenvalue weighted by atomic mass is 19.1. The van der Waals surface area contributed by atoms with Gasteiger partial charge in [-0.3, -0.25) is 0 Å². The van der Waals surface area contributed by atoms with Gasteiger partial charge in [-0.1, -0.05) is 0 Å². The standard InChI is InChI=1S/C9H19FN2/c1-12-6-3-8(2-5-11)9(10)4-7-12/h8-9H,2-7,11H2,1H3. The lowest BCUT2D eigenvalue weighted by Gasteiger charge is -2.16. The molecule has 2 nitrogen and oxygen atoms in total. The van der Waals surface area contributed by atoms with Crippen molar-refractivity contribution in [1.82, 2.24) is 4.90 Å². The first-order valence-corrected chi connectivity index (χ1v) is 4.76. The van der Waals surface area contributed by atoms with Gasteiger partial charge in [-0.05, 0) is 45.3 Å². The largest absolute Gasteiger partial charge is 0.330 e. The van der Waals surface area contributed by atoms with Crippen molar-refractivity contribution in [3.8, 4) is 0 Å². The van der Waals surface area contributed by atoms with Gasteiger partial charge in [0.1, 0.15) is 6.17 Å². The van der Waals surface area contributed by atoms with E-state index in [1.807, 2.05) is 0 Å². The lowest BCUT2D eigenvalue weighted by Crippen LogP contribution is -2.19. The van der Waals surface area contributed by atoms with Crippen LogP contribution in [0.4, 0.5) is 4.39 Å². The van der Waals surface area contributed by atoms with Gasteiger partial charge in [0.25, 0.3) is 0 Å². The fraction of sp³-hybridized carbons (Fsp3) is 1.00. The number of hydrogen-bond acceptors (Lipinski definition) is 2. The fourth-order valence-corrected chi connectivity index (χ4v) is 1.80. The molecule has 1 aliphatic heterocycles. The number of rotatable bonds is 2. The monoisotopic (exact) mass is 174 g/mol. The van der Waals surface area contributed by atoms with Crippen molar-refractivity contribution in [2.45, 2.75) is 25.4 Å². The minimum atomic E-state index is -0.626. The second-order valence-corrected chi connectivity index (χ2v) is 3.73. The predicted octanol–water partition coefficient (Wildman–Crippen LogP) is 1.02. The number of halogens is 1. The van der Waals surface area contributed by atoms with Gasteiger partial charge in [-0.25, -0.2) is 4.39 Å². The van der Waals surface area contributed by atoms with Gasteiger partial charge in [0.05, 0.1) is 0 Å². The first-order valence-electron chi connectivity index (χ1n) is 4.76.